The van der Waals surface area contributed by atoms with Crippen LogP contribution in [0.5, 0.6) is 0 Å². The van der Waals surface area contributed by atoms with E-state index in [-0.39, 0.29) is 0 Å². The summed E-state index contributed by atoms with van der Waals surface area (Å²) in [6, 6.07) is 5.41. The van der Waals surface area contributed by atoms with Crippen molar-refractivity contribution in [2.24, 2.45) is 0 Å². The van der Waals surface area contributed by atoms with Crippen LogP contribution in [0.25, 0.3) is 0 Å². The number of nitrogens with two attached hydrogens (primary N) is 1. The van der Waals surface area contributed by atoms with Crippen LogP contribution in [0.2, 0.25) is 5.02 Å². The highest BCUT2D eigenvalue weighted by molar-refractivity contribution is 6.34. The molecule has 1 rings (SSSR count). The third kappa shape index (κ3) is 1.44. The van der Waals surface area contributed by atoms with Gasteiger partial charge in [0.15, 0.2) is 0 Å². The first kappa shape index (κ1) is 7.90. The van der Waals surface area contributed by atoms with Crippen LogP contribution in [-0.4, -0.2) is 0 Å². The minimum absolute atomic E-state index is 0.345. The second-order valence-electron chi connectivity index (χ2n) is 2.33. The van der Waals surface area contributed by atoms with Gasteiger partial charge in [0.1, 0.15) is 6.07 Å². The summed E-state index contributed by atoms with van der Waals surface area (Å²) < 4.78 is 0. The predicted octanol–water partition coefficient (Wildman–Crippen LogP) is 2.10. The standard InChI is InChI=1S/C8H7ClN2/c1-5-2-6(4-10)8(9)7(11)3-5/h2-3H,11H2,1H3. The van der Waals surface area contributed by atoms with Crippen molar-refractivity contribution in [3.8, 4) is 6.07 Å². The molecule has 0 atom stereocenters. The lowest BCUT2D eigenvalue weighted by Gasteiger charge is -2.00. The second-order valence-corrected chi connectivity index (χ2v) is 2.71. The Morgan fingerprint density at radius 1 is 1.55 bits per heavy atom. The normalized spacial score (nSPS) is 9.18. The van der Waals surface area contributed by atoms with E-state index in [2.05, 4.69) is 0 Å². The van der Waals surface area contributed by atoms with Gasteiger partial charge in [0.05, 0.1) is 16.3 Å². The monoisotopic (exact) mass is 166 g/mol. The Hall–Kier alpha value is -1.20. The molecule has 0 unspecified atom stereocenters. The lowest BCUT2D eigenvalue weighted by molar-refractivity contribution is 1.42. The van der Waals surface area contributed by atoms with Gasteiger partial charge in [-0.05, 0) is 24.6 Å². The molecule has 0 amide bonds. The number of hydrogen-bond donors (Lipinski definition) is 1. The number of anilines is 1. The number of nitriles is 1. The SMILES string of the molecule is Cc1cc(N)c(Cl)c(C#N)c1. The number of benzene rings is 1. The minimum atomic E-state index is 0.345. The van der Waals surface area contributed by atoms with E-state index in [4.69, 9.17) is 22.6 Å². The largest absolute Gasteiger partial charge is 0.397 e. The molecule has 0 aliphatic carbocycles. The zero-order valence-electron chi connectivity index (χ0n) is 6.06. The molecule has 0 fully saturated rings. The second kappa shape index (κ2) is 2.81. The molecule has 2 nitrogen and oxygen atoms in total. The molecule has 1 aromatic carbocycles. The zero-order valence-corrected chi connectivity index (χ0v) is 6.81. The number of halogens is 1. The van der Waals surface area contributed by atoms with Crippen molar-refractivity contribution in [2.45, 2.75) is 6.92 Å². The van der Waals surface area contributed by atoms with E-state index in [0.29, 0.717) is 16.3 Å². The molecule has 0 heterocycles. The molecule has 0 saturated carbocycles. The van der Waals surface area contributed by atoms with Crippen molar-refractivity contribution < 1.29 is 0 Å². The van der Waals surface area contributed by atoms with Crippen LogP contribution < -0.4 is 5.73 Å². The average molecular weight is 167 g/mol. The van der Waals surface area contributed by atoms with Crippen LogP contribution >= 0.6 is 11.6 Å². The van der Waals surface area contributed by atoms with Gasteiger partial charge in [-0.15, -0.1) is 0 Å². The summed E-state index contributed by atoms with van der Waals surface area (Å²) in [4.78, 5) is 0. The molecule has 2 N–H and O–H groups in total. The van der Waals surface area contributed by atoms with Crippen molar-refractivity contribution in [3.63, 3.8) is 0 Å². The molecule has 0 aliphatic rings. The summed E-state index contributed by atoms with van der Waals surface area (Å²) in [7, 11) is 0. The van der Waals surface area contributed by atoms with E-state index in [1.807, 2.05) is 13.0 Å². The first-order valence-electron chi connectivity index (χ1n) is 3.11. The Kier molecular flexibility index (Phi) is 2.02. The highest BCUT2D eigenvalue weighted by atomic mass is 35.5. The minimum Gasteiger partial charge on any atom is -0.397 e. The van der Waals surface area contributed by atoms with Crippen LogP contribution in [0.15, 0.2) is 12.1 Å². The van der Waals surface area contributed by atoms with E-state index < -0.39 is 0 Å². The van der Waals surface area contributed by atoms with Gasteiger partial charge in [-0.1, -0.05) is 11.6 Å². The molecular weight excluding hydrogens is 160 g/mol. The van der Waals surface area contributed by atoms with Crippen molar-refractivity contribution in [3.05, 3.63) is 28.3 Å². The Morgan fingerprint density at radius 2 is 2.18 bits per heavy atom. The number of nitrogen functional groups attached to an aromatic ring is 1. The van der Waals surface area contributed by atoms with Gasteiger partial charge >= 0.3 is 0 Å². The molecule has 0 radical (unpaired) electrons. The molecule has 0 aliphatic heterocycles. The maximum Gasteiger partial charge on any atom is 0.101 e. The molecular formula is C8H7ClN2. The molecule has 11 heavy (non-hydrogen) atoms. The van der Waals surface area contributed by atoms with Crippen LogP contribution in [0.3, 0.4) is 0 Å². The fraction of sp³-hybridized carbons (Fsp3) is 0.125. The summed E-state index contributed by atoms with van der Waals surface area (Å²) >= 11 is 5.72. The molecule has 0 bridgehead atoms. The number of hydrogen-bond acceptors (Lipinski definition) is 2. The first-order valence-corrected chi connectivity index (χ1v) is 3.48. The fourth-order valence-electron chi connectivity index (χ4n) is 0.878. The predicted molar refractivity (Wildman–Crippen MR) is 45.3 cm³/mol. The lowest BCUT2D eigenvalue weighted by Crippen LogP contribution is -1.90. The lowest BCUT2D eigenvalue weighted by atomic mass is 10.1. The maximum absolute atomic E-state index is 8.58. The van der Waals surface area contributed by atoms with Gasteiger partial charge < -0.3 is 5.73 Å². The Morgan fingerprint density at radius 3 is 2.73 bits per heavy atom. The van der Waals surface area contributed by atoms with E-state index in [1.165, 1.54) is 0 Å². The highest BCUT2D eigenvalue weighted by Gasteiger charge is 2.03. The summed E-state index contributed by atoms with van der Waals surface area (Å²) in [5.74, 6) is 0. The molecule has 1 aromatic rings. The average Bonchev–Trinajstić information content (AvgIpc) is 1.96. The van der Waals surface area contributed by atoms with Crippen LogP contribution in [0, 0.1) is 18.3 Å². The Labute approximate surface area is 70.2 Å². The van der Waals surface area contributed by atoms with E-state index in [1.54, 1.807) is 12.1 Å². The number of aryl methyl sites for hydroxylation is 1. The van der Waals surface area contributed by atoms with E-state index in [9.17, 15) is 0 Å². The number of rotatable bonds is 0. The molecule has 0 spiro atoms. The van der Waals surface area contributed by atoms with Crippen LogP contribution in [0.1, 0.15) is 11.1 Å². The molecule has 3 heteroatoms. The maximum atomic E-state index is 8.58. The van der Waals surface area contributed by atoms with Gasteiger partial charge in [-0.2, -0.15) is 5.26 Å². The first-order chi connectivity index (χ1) is 5.15. The van der Waals surface area contributed by atoms with Gasteiger partial charge in [0, 0.05) is 0 Å². The molecule has 0 aromatic heterocycles. The van der Waals surface area contributed by atoms with Gasteiger partial charge in [0.2, 0.25) is 0 Å². The third-order valence-corrected chi connectivity index (χ3v) is 1.79. The number of nitrogens with zero attached hydrogens (tertiary/aromatic N) is 1. The summed E-state index contributed by atoms with van der Waals surface area (Å²) in [5, 5.41) is 8.92. The zero-order chi connectivity index (χ0) is 8.43. The van der Waals surface area contributed by atoms with Crippen LogP contribution in [0.4, 0.5) is 5.69 Å². The van der Waals surface area contributed by atoms with Gasteiger partial charge in [0.25, 0.3) is 0 Å². The summed E-state index contributed by atoms with van der Waals surface area (Å²) in [6.07, 6.45) is 0. The quantitative estimate of drug-likeness (QED) is 0.600. The highest BCUT2D eigenvalue weighted by Crippen LogP contribution is 2.23. The van der Waals surface area contributed by atoms with Crippen LogP contribution in [-0.2, 0) is 0 Å². The summed E-state index contributed by atoms with van der Waals surface area (Å²) in [5.41, 5.74) is 7.36. The Bertz CT molecular complexity index is 326. The van der Waals surface area contributed by atoms with E-state index >= 15 is 0 Å². The molecule has 56 valence electrons. The van der Waals surface area contributed by atoms with Crippen molar-refractivity contribution in [1.82, 2.24) is 0 Å². The molecule has 0 saturated heterocycles. The third-order valence-electron chi connectivity index (χ3n) is 1.37. The van der Waals surface area contributed by atoms with Crippen molar-refractivity contribution >= 4 is 17.3 Å². The van der Waals surface area contributed by atoms with Crippen molar-refractivity contribution in [1.29, 1.82) is 5.26 Å². The van der Waals surface area contributed by atoms with Gasteiger partial charge in [-0.25, -0.2) is 0 Å². The topological polar surface area (TPSA) is 49.8 Å². The smallest absolute Gasteiger partial charge is 0.101 e. The summed E-state index contributed by atoms with van der Waals surface area (Å²) in [6.45, 7) is 1.87. The van der Waals surface area contributed by atoms with E-state index in [0.717, 1.165) is 5.56 Å². The van der Waals surface area contributed by atoms with Crippen molar-refractivity contribution in [2.75, 3.05) is 5.73 Å². The fourth-order valence-corrected chi connectivity index (χ4v) is 1.03. The Balaban J connectivity index is 3.39. The van der Waals surface area contributed by atoms with Gasteiger partial charge in [-0.3, -0.25) is 0 Å².